The SMILES string of the molecule is Cc1ccc(-c2cc(N(C)C)c3ccccc3c2)cc1. The fourth-order valence-corrected chi connectivity index (χ4v) is 2.57. The van der Waals surface area contributed by atoms with E-state index < -0.39 is 0 Å². The van der Waals surface area contributed by atoms with Gasteiger partial charge in [-0.25, -0.2) is 0 Å². The third kappa shape index (κ3) is 2.27. The summed E-state index contributed by atoms with van der Waals surface area (Å²) in [5.41, 5.74) is 5.10. The lowest BCUT2D eigenvalue weighted by Gasteiger charge is -2.17. The van der Waals surface area contributed by atoms with Crippen LogP contribution in [0.2, 0.25) is 0 Å². The molecule has 3 aromatic rings. The van der Waals surface area contributed by atoms with Crippen molar-refractivity contribution in [1.29, 1.82) is 0 Å². The molecule has 3 aromatic carbocycles. The van der Waals surface area contributed by atoms with E-state index in [1.165, 1.54) is 33.2 Å². The second-order valence-electron chi connectivity index (χ2n) is 5.48. The van der Waals surface area contributed by atoms with Crippen molar-refractivity contribution in [3.63, 3.8) is 0 Å². The van der Waals surface area contributed by atoms with Crippen LogP contribution in [-0.4, -0.2) is 14.1 Å². The third-order valence-corrected chi connectivity index (χ3v) is 3.71. The third-order valence-electron chi connectivity index (χ3n) is 3.71. The molecule has 0 atom stereocenters. The molecule has 0 N–H and O–H groups in total. The number of hydrogen-bond acceptors (Lipinski definition) is 1. The number of anilines is 1. The summed E-state index contributed by atoms with van der Waals surface area (Å²) in [5, 5.41) is 2.59. The topological polar surface area (TPSA) is 3.24 Å². The summed E-state index contributed by atoms with van der Waals surface area (Å²) in [4.78, 5) is 2.18. The van der Waals surface area contributed by atoms with Gasteiger partial charge < -0.3 is 4.90 Å². The molecule has 0 aliphatic carbocycles. The van der Waals surface area contributed by atoms with E-state index >= 15 is 0 Å². The number of benzene rings is 3. The Hall–Kier alpha value is -2.28. The maximum atomic E-state index is 2.27. The first-order valence-electron chi connectivity index (χ1n) is 6.92. The Bertz CT molecular complexity index is 739. The van der Waals surface area contributed by atoms with Crippen LogP contribution in [-0.2, 0) is 0 Å². The van der Waals surface area contributed by atoms with Crippen molar-refractivity contribution in [2.75, 3.05) is 19.0 Å². The van der Waals surface area contributed by atoms with Gasteiger partial charge in [-0.15, -0.1) is 0 Å². The summed E-state index contributed by atoms with van der Waals surface area (Å²) in [5.74, 6) is 0. The molecule has 0 saturated carbocycles. The standard InChI is InChI=1S/C19H19N/c1-14-8-10-15(11-9-14)17-12-16-6-4-5-7-18(16)19(13-17)20(2)3/h4-13H,1-3H3. The molecule has 0 aliphatic heterocycles. The lowest BCUT2D eigenvalue weighted by Crippen LogP contribution is -2.09. The van der Waals surface area contributed by atoms with E-state index in [0.29, 0.717) is 0 Å². The van der Waals surface area contributed by atoms with Crippen LogP contribution in [0.1, 0.15) is 5.56 Å². The van der Waals surface area contributed by atoms with Gasteiger partial charge in [0.15, 0.2) is 0 Å². The molecule has 0 aliphatic rings. The monoisotopic (exact) mass is 261 g/mol. The van der Waals surface area contributed by atoms with E-state index in [1.54, 1.807) is 0 Å². The maximum absolute atomic E-state index is 2.27. The minimum absolute atomic E-state index is 1.26. The van der Waals surface area contributed by atoms with Crippen molar-refractivity contribution in [3.8, 4) is 11.1 Å². The molecule has 0 saturated heterocycles. The van der Waals surface area contributed by atoms with Gasteiger partial charge in [0.2, 0.25) is 0 Å². The zero-order valence-corrected chi connectivity index (χ0v) is 12.2. The predicted octanol–water partition coefficient (Wildman–Crippen LogP) is 4.88. The van der Waals surface area contributed by atoms with Crippen LogP contribution in [0, 0.1) is 6.92 Å². The lowest BCUT2D eigenvalue weighted by molar-refractivity contribution is 1.14. The molecule has 20 heavy (non-hydrogen) atoms. The van der Waals surface area contributed by atoms with Crippen LogP contribution < -0.4 is 4.90 Å². The summed E-state index contributed by atoms with van der Waals surface area (Å²) in [6.07, 6.45) is 0. The summed E-state index contributed by atoms with van der Waals surface area (Å²) in [6, 6.07) is 21.8. The largest absolute Gasteiger partial charge is 0.377 e. The Morgan fingerprint density at radius 1 is 0.750 bits per heavy atom. The van der Waals surface area contributed by atoms with Gasteiger partial charge in [0.25, 0.3) is 0 Å². The smallest absolute Gasteiger partial charge is 0.0446 e. The first kappa shape index (κ1) is 12.7. The lowest BCUT2D eigenvalue weighted by atomic mass is 9.98. The maximum Gasteiger partial charge on any atom is 0.0446 e. The Morgan fingerprint density at radius 2 is 1.45 bits per heavy atom. The molecular weight excluding hydrogens is 242 g/mol. The Morgan fingerprint density at radius 3 is 2.15 bits per heavy atom. The normalized spacial score (nSPS) is 10.8. The molecule has 0 amide bonds. The van der Waals surface area contributed by atoms with Crippen LogP contribution in [0.25, 0.3) is 21.9 Å². The number of nitrogens with zero attached hydrogens (tertiary/aromatic N) is 1. The quantitative estimate of drug-likeness (QED) is 0.635. The molecule has 0 aromatic heterocycles. The van der Waals surface area contributed by atoms with Gasteiger partial charge in [-0.1, -0.05) is 54.1 Å². The molecule has 0 spiro atoms. The Labute approximate surface area is 120 Å². The summed E-state index contributed by atoms with van der Waals surface area (Å²) >= 11 is 0. The highest BCUT2D eigenvalue weighted by Gasteiger charge is 2.07. The first-order chi connectivity index (χ1) is 9.65. The van der Waals surface area contributed by atoms with Gasteiger partial charge in [0, 0.05) is 25.2 Å². The molecule has 3 rings (SSSR count). The number of rotatable bonds is 2. The fraction of sp³-hybridized carbons (Fsp3) is 0.158. The first-order valence-corrected chi connectivity index (χ1v) is 6.92. The molecular formula is C19H19N. The Balaban J connectivity index is 2.24. The van der Waals surface area contributed by atoms with E-state index in [2.05, 4.69) is 86.6 Å². The van der Waals surface area contributed by atoms with Crippen molar-refractivity contribution >= 4 is 16.5 Å². The van der Waals surface area contributed by atoms with E-state index in [9.17, 15) is 0 Å². The van der Waals surface area contributed by atoms with E-state index in [4.69, 9.17) is 0 Å². The highest BCUT2D eigenvalue weighted by molar-refractivity contribution is 5.98. The zero-order valence-electron chi connectivity index (χ0n) is 12.2. The Kier molecular flexibility index (Phi) is 3.19. The predicted molar refractivity (Wildman–Crippen MR) is 88.4 cm³/mol. The van der Waals surface area contributed by atoms with E-state index in [0.717, 1.165) is 0 Å². The highest BCUT2D eigenvalue weighted by Crippen LogP contribution is 2.32. The van der Waals surface area contributed by atoms with Crippen molar-refractivity contribution in [1.82, 2.24) is 0 Å². The van der Waals surface area contributed by atoms with Gasteiger partial charge in [-0.05, 0) is 35.6 Å². The van der Waals surface area contributed by atoms with Crippen molar-refractivity contribution in [2.24, 2.45) is 0 Å². The summed E-state index contributed by atoms with van der Waals surface area (Å²) in [7, 11) is 4.20. The van der Waals surface area contributed by atoms with Gasteiger partial charge >= 0.3 is 0 Å². The summed E-state index contributed by atoms with van der Waals surface area (Å²) < 4.78 is 0. The number of fused-ring (bicyclic) bond motifs is 1. The van der Waals surface area contributed by atoms with Gasteiger partial charge in [0.1, 0.15) is 0 Å². The molecule has 0 unspecified atom stereocenters. The van der Waals surface area contributed by atoms with Crippen LogP contribution in [0.15, 0.2) is 60.7 Å². The molecule has 1 heteroatoms. The van der Waals surface area contributed by atoms with Crippen LogP contribution in [0.5, 0.6) is 0 Å². The zero-order chi connectivity index (χ0) is 14.1. The number of aryl methyl sites for hydroxylation is 1. The van der Waals surface area contributed by atoms with Crippen LogP contribution >= 0.6 is 0 Å². The molecule has 0 fully saturated rings. The highest BCUT2D eigenvalue weighted by atomic mass is 15.1. The minimum atomic E-state index is 1.26. The van der Waals surface area contributed by atoms with E-state index in [-0.39, 0.29) is 0 Å². The minimum Gasteiger partial charge on any atom is -0.377 e. The van der Waals surface area contributed by atoms with E-state index in [1.807, 2.05) is 0 Å². The number of hydrogen-bond donors (Lipinski definition) is 0. The van der Waals surface area contributed by atoms with Crippen LogP contribution in [0.3, 0.4) is 0 Å². The fourth-order valence-electron chi connectivity index (χ4n) is 2.57. The average molecular weight is 261 g/mol. The van der Waals surface area contributed by atoms with Crippen molar-refractivity contribution in [3.05, 3.63) is 66.2 Å². The molecule has 0 heterocycles. The average Bonchev–Trinajstić information content (AvgIpc) is 2.46. The second-order valence-corrected chi connectivity index (χ2v) is 5.48. The van der Waals surface area contributed by atoms with Gasteiger partial charge in [-0.2, -0.15) is 0 Å². The van der Waals surface area contributed by atoms with Crippen LogP contribution in [0.4, 0.5) is 5.69 Å². The molecule has 100 valence electrons. The summed E-state index contributed by atoms with van der Waals surface area (Å²) in [6.45, 7) is 2.12. The van der Waals surface area contributed by atoms with Crippen molar-refractivity contribution < 1.29 is 0 Å². The van der Waals surface area contributed by atoms with Gasteiger partial charge in [-0.3, -0.25) is 0 Å². The van der Waals surface area contributed by atoms with Gasteiger partial charge in [0.05, 0.1) is 0 Å². The second kappa shape index (κ2) is 5.01. The van der Waals surface area contributed by atoms with Crippen molar-refractivity contribution in [2.45, 2.75) is 6.92 Å². The molecule has 0 bridgehead atoms. The molecule has 0 radical (unpaired) electrons. The molecule has 1 nitrogen and oxygen atoms in total.